The average Bonchev–Trinajstić information content (AvgIpc) is 2.61. The van der Waals surface area contributed by atoms with Crippen molar-refractivity contribution >= 4 is 23.0 Å². The van der Waals surface area contributed by atoms with Gasteiger partial charge in [0, 0.05) is 5.69 Å². The molecule has 0 amide bonds. The Morgan fingerprint density at radius 3 is 2.46 bits per heavy atom. The molecule has 0 aliphatic rings. The lowest BCUT2D eigenvalue weighted by Crippen LogP contribution is -2.31. The summed E-state index contributed by atoms with van der Waals surface area (Å²) in [6, 6.07) is 14.1. The number of thiocarbonyl (C=S) groups is 1. The van der Waals surface area contributed by atoms with Crippen molar-refractivity contribution in [2.75, 3.05) is 19.5 Å². The molecule has 2 aromatic rings. The van der Waals surface area contributed by atoms with Gasteiger partial charge in [-0.1, -0.05) is 31.2 Å². The third kappa shape index (κ3) is 4.38. The van der Waals surface area contributed by atoms with Crippen LogP contribution in [0.15, 0.2) is 42.5 Å². The van der Waals surface area contributed by atoms with E-state index in [0.29, 0.717) is 16.6 Å². The highest BCUT2D eigenvalue weighted by Crippen LogP contribution is 2.29. The number of hydrogen-bond acceptors (Lipinski definition) is 3. The van der Waals surface area contributed by atoms with Crippen molar-refractivity contribution in [1.29, 1.82) is 0 Å². The van der Waals surface area contributed by atoms with E-state index in [1.165, 1.54) is 5.56 Å². The Morgan fingerprint density at radius 2 is 1.79 bits per heavy atom. The van der Waals surface area contributed by atoms with Crippen LogP contribution in [0.1, 0.15) is 31.0 Å². The number of ether oxygens (including phenoxy) is 2. The maximum Gasteiger partial charge on any atom is 0.171 e. The van der Waals surface area contributed by atoms with Gasteiger partial charge in [-0.25, -0.2) is 0 Å². The first kappa shape index (κ1) is 18.1. The van der Waals surface area contributed by atoms with Gasteiger partial charge < -0.3 is 20.1 Å². The Labute approximate surface area is 149 Å². The van der Waals surface area contributed by atoms with E-state index in [4.69, 9.17) is 21.7 Å². The zero-order chi connectivity index (χ0) is 17.5. The molecule has 128 valence electrons. The molecule has 0 aliphatic carbocycles. The van der Waals surface area contributed by atoms with Crippen LogP contribution < -0.4 is 20.1 Å². The number of benzene rings is 2. The molecule has 1 unspecified atom stereocenters. The van der Waals surface area contributed by atoms with Gasteiger partial charge in [0.2, 0.25) is 0 Å². The number of rotatable bonds is 6. The molecule has 0 fully saturated rings. The predicted molar refractivity (Wildman–Crippen MR) is 103 cm³/mol. The Morgan fingerprint density at radius 1 is 1.08 bits per heavy atom. The molecule has 0 saturated carbocycles. The number of aryl methyl sites for hydroxylation is 1. The summed E-state index contributed by atoms with van der Waals surface area (Å²) in [4.78, 5) is 0. The van der Waals surface area contributed by atoms with E-state index in [-0.39, 0.29) is 6.04 Å². The molecule has 2 aromatic carbocycles. The van der Waals surface area contributed by atoms with Crippen LogP contribution in [-0.4, -0.2) is 19.3 Å². The van der Waals surface area contributed by atoms with Gasteiger partial charge in [0.1, 0.15) is 0 Å². The van der Waals surface area contributed by atoms with Crippen molar-refractivity contribution in [2.45, 2.75) is 26.3 Å². The van der Waals surface area contributed by atoms with E-state index >= 15 is 0 Å². The summed E-state index contributed by atoms with van der Waals surface area (Å²) in [6.07, 6.45) is 0.955. The highest BCUT2D eigenvalue weighted by atomic mass is 32.1. The van der Waals surface area contributed by atoms with Gasteiger partial charge in [-0.05, 0) is 54.9 Å². The van der Waals surface area contributed by atoms with Gasteiger partial charge in [-0.2, -0.15) is 0 Å². The van der Waals surface area contributed by atoms with E-state index in [1.54, 1.807) is 14.2 Å². The van der Waals surface area contributed by atoms with Gasteiger partial charge >= 0.3 is 0 Å². The van der Waals surface area contributed by atoms with Crippen molar-refractivity contribution in [3.8, 4) is 11.5 Å². The summed E-state index contributed by atoms with van der Waals surface area (Å²) in [5.74, 6) is 1.42. The molecule has 0 bridgehead atoms. The smallest absolute Gasteiger partial charge is 0.171 e. The van der Waals surface area contributed by atoms with Gasteiger partial charge in [-0.3, -0.25) is 0 Å². The van der Waals surface area contributed by atoms with Crippen molar-refractivity contribution in [1.82, 2.24) is 5.32 Å². The summed E-state index contributed by atoms with van der Waals surface area (Å²) in [6.45, 7) is 4.18. The number of nitrogens with one attached hydrogen (secondary N) is 2. The minimum Gasteiger partial charge on any atom is -0.493 e. The van der Waals surface area contributed by atoms with E-state index in [2.05, 4.69) is 30.5 Å². The fourth-order valence-electron chi connectivity index (χ4n) is 2.51. The van der Waals surface area contributed by atoms with Crippen molar-refractivity contribution in [2.24, 2.45) is 0 Å². The second-order valence-electron chi connectivity index (χ2n) is 5.45. The molecule has 0 radical (unpaired) electrons. The summed E-state index contributed by atoms with van der Waals surface area (Å²) in [7, 11) is 3.26. The normalized spacial score (nSPS) is 11.5. The maximum absolute atomic E-state index is 5.45. The highest BCUT2D eigenvalue weighted by molar-refractivity contribution is 7.80. The second-order valence-corrected chi connectivity index (χ2v) is 5.85. The third-order valence-corrected chi connectivity index (χ3v) is 4.12. The van der Waals surface area contributed by atoms with Crippen LogP contribution in [0, 0.1) is 0 Å². The van der Waals surface area contributed by atoms with E-state index in [0.717, 1.165) is 17.7 Å². The molecular formula is C19H24N2O2S. The zero-order valence-corrected chi connectivity index (χ0v) is 15.4. The summed E-state index contributed by atoms with van der Waals surface area (Å²) in [5.41, 5.74) is 3.35. The number of methoxy groups -OCH3 is 2. The quantitative estimate of drug-likeness (QED) is 0.764. The van der Waals surface area contributed by atoms with Crippen molar-refractivity contribution in [3.63, 3.8) is 0 Å². The lowest BCUT2D eigenvalue weighted by molar-refractivity contribution is 0.354. The first-order valence-electron chi connectivity index (χ1n) is 7.96. The molecule has 0 heterocycles. The number of para-hydroxylation sites is 1. The zero-order valence-electron chi connectivity index (χ0n) is 14.6. The first-order valence-corrected chi connectivity index (χ1v) is 8.37. The molecule has 1 atom stereocenters. The standard InChI is InChI=1S/C19H24N2O2S/c1-5-14-8-6-7-9-16(14)21-19(24)20-13(2)15-10-11-17(22-3)18(12-15)23-4/h6-13H,5H2,1-4H3,(H2,20,21,24). The SMILES string of the molecule is CCc1ccccc1NC(=S)NC(C)c1ccc(OC)c(OC)c1. The Kier molecular flexibility index (Phi) is 6.44. The Balaban J connectivity index is 2.06. The molecule has 0 saturated heterocycles. The molecule has 0 aromatic heterocycles. The van der Waals surface area contributed by atoms with Crippen molar-refractivity contribution in [3.05, 3.63) is 53.6 Å². The van der Waals surface area contributed by atoms with Crippen LogP contribution >= 0.6 is 12.2 Å². The lowest BCUT2D eigenvalue weighted by Gasteiger charge is -2.19. The minimum absolute atomic E-state index is 0.0404. The minimum atomic E-state index is 0.0404. The molecule has 24 heavy (non-hydrogen) atoms. The van der Waals surface area contributed by atoms with Crippen LogP contribution in [0.25, 0.3) is 0 Å². The molecule has 0 aliphatic heterocycles. The first-order chi connectivity index (χ1) is 11.6. The average molecular weight is 344 g/mol. The monoisotopic (exact) mass is 344 g/mol. The molecule has 4 nitrogen and oxygen atoms in total. The second kappa shape index (κ2) is 8.55. The Bertz CT molecular complexity index is 704. The van der Waals surface area contributed by atoms with Crippen LogP contribution in [0.4, 0.5) is 5.69 Å². The summed E-state index contributed by atoms with van der Waals surface area (Å²) in [5, 5.41) is 7.18. The van der Waals surface area contributed by atoms with Crippen LogP contribution in [-0.2, 0) is 6.42 Å². The molecular weight excluding hydrogens is 320 g/mol. The van der Waals surface area contributed by atoms with Gasteiger partial charge in [0.05, 0.1) is 20.3 Å². The van der Waals surface area contributed by atoms with Crippen LogP contribution in [0.3, 0.4) is 0 Å². The largest absolute Gasteiger partial charge is 0.493 e. The topological polar surface area (TPSA) is 42.5 Å². The van der Waals surface area contributed by atoms with Crippen LogP contribution in [0.2, 0.25) is 0 Å². The third-order valence-electron chi connectivity index (χ3n) is 3.90. The molecule has 2 N–H and O–H groups in total. The van der Waals surface area contributed by atoms with E-state index < -0.39 is 0 Å². The van der Waals surface area contributed by atoms with Gasteiger partial charge in [0.25, 0.3) is 0 Å². The summed E-state index contributed by atoms with van der Waals surface area (Å²) < 4.78 is 10.6. The number of hydrogen-bond donors (Lipinski definition) is 2. The fraction of sp³-hybridized carbons (Fsp3) is 0.316. The Hall–Kier alpha value is -2.27. The van der Waals surface area contributed by atoms with E-state index in [1.807, 2.05) is 36.4 Å². The fourth-order valence-corrected chi connectivity index (χ4v) is 2.80. The summed E-state index contributed by atoms with van der Waals surface area (Å²) >= 11 is 5.45. The lowest BCUT2D eigenvalue weighted by atomic mass is 10.1. The molecule has 0 spiro atoms. The van der Waals surface area contributed by atoms with Gasteiger partial charge in [0.15, 0.2) is 16.6 Å². The molecule has 2 rings (SSSR count). The van der Waals surface area contributed by atoms with E-state index in [9.17, 15) is 0 Å². The predicted octanol–water partition coefficient (Wildman–Crippen LogP) is 4.31. The highest BCUT2D eigenvalue weighted by Gasteiger charge is 2.12. The number of anilines is 1. The van der Waals surface area contributed by atoms with Crippen LogP contribution in [0.5, 0.6) is 11.5 Å². The molecule has 5 heteroatoms. The van der Waals surface area contributed by atoms with Crippen molar-refractivity contribution < 1.29 is 9.47 Å². The van der Waals surface area contributed by atoms with Gasteiger partial charge in [-0.15, -0.1) is 0 Å². The maximum atomic E-state index is 5.45.